The Morgan fingerprint density at radius 3 is 2.25 bits per heavy atom. The molecule has 0 bridgehead atoms. The molecular weight excluding hydrogens is 483 g/mol. The molecule has 0 atom stereocenters. The molecule has 0 aliphatic carbocycles. The molecule has 0 amide bonds. The number of rotatable bonds is 4. The third-order valence-corrected chi connectivity index (χ3v) is 3.19. The maximum atomic E-state index is 5.86. The first-order valence-corrected chi connectivity index (χ1v) is 7.02. The zero-order chi connectivity index (χ0) is 15.5. The van der Waals surface area contributed by atoms with Crippen molar-refractivity contribution in [3.8, 4) is 22.9 Å². The van der Waals surface area contributed by atoms with Gasteiger partial charge in [0.25, 0.3) is 0 Å². The fraction of sp³-hybridized carbons (Fsp3) is 0. The number of aromatic nitrogens is 4. The van der Waals surface area contributed by atoms with Crippen molar-refractivity contribution < 1.29 is 25.8 Å². The fourth-order valence-electron chi connectivity index (χ4n) is 2.16. The SMILES string of the molecule is [Pt].[c-]1c(Oc2[c-]c(-n3cccn3)ccc2)cccc1-n1[c-]ncc1. The van der Waals surface area contributed by atoms with Gasteiger partial charge in [0.1, 0.15) is 0 Å². The Kier molecular flexibility index (Phi) is 4.92. The molecule has 0 saturated heterocycles. The molecule has 4 aromatic rings. The molecule has 0 fully saturated rings. The van der Waals surface area contributed by atoms with Gasteiger partial charge in [-0.25, -0.2) is 0 Å². The molecule has 5 nitrogen and oxygen atoms in total. The van der Waals surface area contributed by atoms with E-state index in [0.717, 1.165) is 11.4 Å². The maximum Gasteiger partial charge on any atom is 0.0493 e. The van der Waals surface area contributed by atoms with E-state index in [0.29, 0.717) is 11.5 Å². The molecule has 2 aromatic carbocycles. The maximum absolute atomic E-state index is 5.86. The summed E-state index contributed by atoms with van der Waals surface area (Å²) < 4.78 is 9.33. The molecule has 0 radical (unpaired) electrons. The molecule has 0 saturated carbocycles. The Balaban J connectivity index is 0.00000169. The molecule has 6 heteroatoms. The Bertz CT molecular complexity index is 829. The van der Waals surface area contributed by atoms with Crippen LogP contribution in [0.3, 0.4) is 0 Å². The summed E-state index contributed by atoms with van der Waals surface area (Å²) in [5.74, 6) is 1.19. The first kappa shape index (κ1) is 16.2. The largest absolute Gasteiger partial charge is 0.510 e. The third kappa shape index (κ3) is 3.47. The predicted molar refractivity (Wildman–Crippen MR) is 83.7 cm³/mol. The van der Waals surface area contributed by atoms with E-state index in [2.05, 4.69) is 28.5 Å². The van der Waals surface area contributed by atoms with Gasteiger partial charge >= 0.3 is 0 Å². The van der Waals surface area contributed by atoms with Crippen LogP contribution >= 0.6 is 0 Å². The molecule has 122 valence electrons. The normalized spacial score (nSPS) is 10.2. The van der Waals surface area contributed by atoms with Crippen LogP contribution in [0.15, 0.2) is 67.3 Å². The Morgan fingerprint density at radius 1 is 0.833 bits per heavy atom. The molecule has 0 N–H and O–H groups in total. The molecule has 2 heterocycles. The first-order valence-electron chi connectivity index (χ1n) is 7.02. The summed E-state index contributed by atoms with van der Waals surface area (Å²) in [4.78, 5) is 3.91. The topological polar surface area (TPSA) is 44.9 Å². The van der Waals surface area contributed by atoms with Crippen molar-refractivity contribution in [1.82, 2.24) is 19.3 Å². The molecule has 0 spiro atoms. The molecular formula is C18H11N4OPt-3. The quantitative estimate of drug-likeness (QED) is 0.410. The van der Waals surface area contributed by atoms with Crippen LogP contribution in [0.5, 0.6) is 11.5 Å². The average Bonchev–Trinajstić information content (AvgIpc) is 3.29. The van der Waals surface area contributed by atoms with Gasteiger partial charge in [0.2, 0.25) is 0 Å². The van der Waals surface area contributed by atoms with Crippen molar-refractivity contribution >= 4 is 0 Å². The van der Waals surface area contributed by atoms with Gasteiger partial charge in [0.15, 0.2) is 0 Å². The van der Waals surface area contributed by atoms with Crippen molar-refractivity contribution in [2.24, 2.45) is 0 Å². The minimum Gasteiger partial charge on any atom is -0.510 e. The molecule has 4 rings (SSSR count). The van der Waals surface area contributed by atoms with Gasteiger partial charge < -0.3 is 14.3 Å². The van der Waals surface area contributed by atoms with Gasteiger partial charge in [0.05, 0.1) is 0 Å². The summed E-state index contributed by atoms with van der Waals surface area (Å²) in [5.41, 5.74) is 1.62. The fourth-order valence-corrected chi connectivity index (χ4v) is 2.16. The monoisotopic (exact) mass is 494 g/mol. The minimum absolute atomic E-state index is 0. The Hall–Kier alpha value is -2.65. The molecule has 0 aliphatic rings. The van der Waals surface area contributed by atoms with E-state index in [1.807, 2.05) is 48.7 Å². The summed E-state index contributed by atoms with van der Waals surface area (Å²) in [5, 5.41) is 4.19. The number of hydrogen-bond donors (Lipinski definition) is 0. The standard InChI is InChI=1S/C18H11N4O.Pt/c1-4-15(21-11-9-19-14-21)12-17(6-1)23-18-7-2-5-16(13-18)22-10-3-8-20-22;/h1-11H;/q-3;. The van der Waals surface area contributed by atoms with Crippen LogP contribution in [-0.4, -0.2) is 19.3 Å². The van der Waals surface area contributed by atoms with Crippen LogP contribution in [0.25, 0.3) is 11.4 Å². The minimum atomic E-state index is 0. The van der Waals surface area contributed by atoms with Crippen molar-refractivity contribution in [3.05, 3.63) is 85.7 Å². The number of ether oxygens (including phenoxy) is 1. The van der Waals surface area contributed by atoms with E-state index in [4.69, 9.17) is 4.74 Å². The second-order valence-electron chi connectivity index (χ2n) is 4.75. The molecule has 2 aromatic heterocycles. The van der Waals surface area contributed by atoms with Crippen molar-refractivity contribution in [2.45, 2.75) is 0 Å². The second-order valence-corrected chi connectivity index (χ2v) is 4.75. The zero-order valence-corrected chi connectivity index (χ0v) is 14.6. The average molecular weight is 494 g/mol. The van der Waals surface area contributed by atoms with Crippen LogP contribution < -0.4 is 4.74 Å². The summed E-state index contributed by atoms with van der Waals surface area (Å²) in [6.07, 6.45) is 9.89. The number of imidazole rings is 1. The van der Waals surface area contributed by atoms with Crippen LogP contribution in [0, 0.1) is 18.5 Å². The van der Waals surface area contributed by atoms with Crippen molar-refractivity contribution in [1.29, 1.82) is 0 Å². The smallest absolute Gasteiger partial charge is 0.0493 e. The van der Waals surface area contributed by atoms with E-state index in [1.54, 1.807) is 27.8 Å². The first-order chi connectivity index (χ1) is 11.4. The van der Waals surface area contributed by atoms with Crippen molar-refractivity contribution in [3.63, 3.8) is 0 Å². The summed E-state index contributed by atoms with van der Waals surface area (Å²) in [7, 11) is 0. The predicted octanol–water partition coefficient (Wildman–Crippen LogP) is 3.25. The van der Waals surface area contributed by atoms with Gasteiger partial charge in [-0.2, -0.15) is 29.4 Å². The van der Waals surface area contributed by atoms with Gasteiger partial charge in [-0.05, 0) is 11.8 Å². The third-order valence-electron chi connectivity index (χ3n) is 3.19. The van der Waals surface area contributed by atoms with Crippen LogP contribution in [0.1, 0.15) is 0 Å². The Labute approximate surface area is 153 Å². The summed E-state index contributed by atoms with van der Waals surface area (Å²) in [6, 6.07) is 19.5. The van der Waals surface area contributed by atoms with E-state index in [-0.39, 0.29) is 21.1 Å². The number of hydrogen-bond acceptors (Lipinski definition) is 3. The molecule has 0 aliphatic heterocycles. The summed E-state index contributed by atoms with van der Waals surface area (Å²) >= 11 is 0. The Morgan fingerprint density at radius 2 is 1.58 bits per heavy atom. The molecule has 24 heavy (non-hydrogen) atoms. The van der Waals surface area contributed by atoms with E-state index in [1.165, 1.54) is 0 Å². The van der Waals surface area contributed by atoms with Crippen LogP contribution in [0.4, 0.5) is 0 Å². The molecule has 0 unspecified atom stereocenters. The van der Waals surface area contributed by atoms with Crippen LogP contribution in [-0.2, 0) is 21.1 Å². The second kappa shape index (κ2) is 7.28. The van der Waals surface area contributed by atoms with E-state index >= 15 is 0 Å². The number of nitrogens with zero attached hydrogens (tertiary/aromatic N) is 4. The van der Waals surface area contributed by atoms with Gasteiger partial charge in [-0.1, -0.05) is 12.4 Å². The number of benzene rings is 2. The van der Waals surface area contributed by atoms with Gasteiger partial charge in [0, 0.05) is 51.3 Å². The van der Waals surface area contributed by atoms with E-state index < -0.39 is 0 Å². The van der Waals surface area contributed by atoms with Crippen LogP contribution in [0.2, 0.25) is 0 Å². The van der Waals surface area contributed by atoms with Gasteiger partial charge in [-0.15, -0.1) is 30.0 Å². The van der Waals surface area contributed by atoms with Gasteiger partial charge in [-0.3, -0.25) is 4.68 Å². The zero-order valence-electron chi connectivity index (χ0n) is 12.4. The van der Waals surface area contributed by atoms with E-state index in [9.17, 15) is 0 Å². The summed E-state index contributed by atoms with van der Waals surface area (Å²) in [6.45, 7) is 0. The van der Waals surface area contributed by atoms with Crippen molar-refractivity contribution in [2.75, 3.05) is 0 Å².